The van der Waals surface area contributed by atoms with Gasteiger partial charge in [0.2, 0.25) is 0 Å². The highest BCUT2D eigenvalue weighted by Gasteiger charge is 2.23. The average Bonchev–Trinajstić information content (AvgIpc) is 1.64. The fraction of sp³-hybridized carbons (Fsp3) is 0.329. The van der Waals surface area contributed by atoms with Crippen LogP contribution in [0.3, 0.4) is 0 Å². The SMILES string of the molecule is CC(C)OCCCNC(=O)Nc1n[nH]c2cc(-c3cccc(C#N)c3)ccc12.CCC(C)CNC(=O)Nc1n[nH]c2cc(-c3cc(C)cc(C)c3)ccc12.CCOCCCNC(=O)Nc1n[nH]c2cc(-c3cc(C)cc(C)c3)ccc12.Cc1cc(C)cc(-c2ccc3c(NC(=O)N4CCC(C)CC4)n[nH]c3c2)c1. The first kappa shape index (κ1) is 78.7. The molecule has 0 bridgehead atoms. The Morgan fingerprint density at radius 1 is 0.481 bits per heavy atom. The highest BCUT2D eigenvalue weighted by atomic mass is 16.5. The third-order valence-corrected chi connectivity index (χ3v) is 18.6. The third kappa shape index (κ3) is 22.1. The van der Waals surface area contributed by atoms with Crippen LogP contribution in [-0.2, 0) is 9.47 Å². The molecule has 1 unspecified atom stereocenters. The molecule has 0 saturated carbocycles. The van der Waals surface area contributed by atoms with E-state index in [0.29, 0.717) is 80.1 Å². The quantitative estimate of drug-likeness (QED) is 0.0301. The van der Waals surface area contributed by atoms with Crippen LogP contribution in [0.1, 0.15) is 113 Å². The summed E-state index contributed by atoms with van der Waals surface area (Å²) in [4.78, 5) is 50.6. The number of carbonyl (C=O) groups is 4. The summed E-state index contributed by atoms with van der Waals surface area (Å²) < 4.78 is 10.7. The van der Waals surface area contributed by atoms with Gasteiger partial charge >= 0.3 is 24.1 Å². The normalized spacial score (nSPS) is 12.3. The number of hydrogen-bond donors (Lipinski definition) is 11. The Hall–Kier alpha value is -11.9. The summed E-state index contributed by atoms with van der Waals surface area (Å²) in [5.41, 5.74) is 20.4. The molecule has 8 aromatic carbocycles. The first-order valence-electron chi connectivity index (χ1n) is 37.2. The maximum absolute atomic E-state index is 12.5. The summed E-state index contributed by atoms with van der Waals surface area (Å²) in [5.74, 6) is 3.30. The summed E-state index contributed by atoms with van der Waals surface area (Å²) in [6, 6.07) is 52.5. The molecule has 1 fully saturated rings. The van der Waals surface area contributed by atoms with E-state index < -0.39 is 0 Å². The van der Waals surface area contributed by atoms with Crippen molar-refractivity contribution in [1.29, 1.82) is 5.26 Å². The van der Waals surface area contributed by atoms with Crippen LogP contribution < -0.4 is 37.2 Å². The molecule has 12 aromatic rings. The van der Waals surface area contributed by atoms with Crippen molar-refractivity contribution in [3.63, 3.8) is 0 Å². The van der Waals surface area contributed by atoms with E-state index in [1.54, 1.807) is 6.07 Å². The molecule has 0 spiro atoms. The third-order valence-electron chi connectivity index (χ3n) is 18.6. The van der Waals surface area contributed by atoms with Crippen molar-refractivity contribution in [3.8, 4) is 50.6 Å². The largest absolute Gasteiger partial charge is 0.382 e. The fourth-order valence-electron chi connectivity index (χ4n) is 12.7. The van der Waals surface area contributed by atoms with Crippen LogP contribution in [0.4, 0.5) is 42.4 Å². The first-order chi connectivity index (χ1) is 52.1. The van der Waals surface area contributed by atoms with Crippen LogP contribution >= 0.6 is 0 Å². The number of nitrogens with zero attached hydrogens (tertiary/aromatic N) is 6. The Kier molecular flexibility index (Phi) is 27.6. The van der Waals surface area contributed by atoms with Crippen molar-refractivity contribution in [2.45, 2.75) is 121 Å². The van der Waals surface area contributed by atoms with Crippen molar-refractivity contribution in [3.05, 3.63) is 191 Å². The Balaban J connectivity index is 0.000000154. The maximum atomic E-state index is 12.5. The summed E-state index contributed by atoms with van der Waals surface area (Å²) in [6.45, 7) is 30.3. The van der Waals surface area contributed by atoms with Gasteiger partial charge in [-0.05, 0) is 205 Å². The van der Waals surface area contributed by atoms with Gasteiger partial charge in [-0.3, -0.25) is 41.7 Å². The molecule has 4 aromatic heterocycles. The van der Waals surface area contributed by atoms with Gasteiger partial charge in [-0.2, -0.15) is 25.7 Å². The lowest BCUT2D eigenvalue weighted by Crippen LogP contribution is -2.40. The van der Waals surface area contributed by atoms with Gasteiger partial charge < -0.3 is 30.3 Å². The predicted octanol–water partition coefficient (Wildman–Crippen LogP) is 18.6. The molecule has 13 rings (SSSR count). The lowest BCUT2D eigenvalue weighted by atomic mass is 9.99. The highest BCUT2D eigenvalue weighted by Crippen LogP contribution is 2.33. The number of rotatable bonds is 21. The van der Waals surface area contributed by atoms with Gasteiger partial charge in [-0.25, -0.2) is 19.2 Å². The van der Waals surface area contributed by atoms with Crippen molar-refractivity contribution < 1.29 is 28.7 Å². The highest BCUT2D eigenvalue weighted by molar-refractivity contribution is 6.03. The number of fused-ring (bicyclic) bond motifs is 4. The number of piperidine rings is 1. The van der Waals surface area contributed by atoms with Gasteiger partial charge in [0.05, 0.1) is 39.8 Å². The number of ether oxygens (including phenoxy) is 2. The molecule has 5 heterocycles. The van der Waals surface area contributed by atoms with E-state index in [-0.39, 0.29) is 30.2 Å². The number of likely N-dealkylation sites (tertiary alicyclic amines) is 1. The number of nitriles is 1. The minimum atomic E-state index is -0.302. The molecule has 1 atom stereocenters. The van der Waals surface area contributed by atoms with E-state index in [9.17, 15) is 19.2 Å². The van der Waals surface area contributed by atoms with Gasteiger partial charge in [-0.1, -0.05) is 152 Å². The predicted molar refractivity (Wildman–Crippen MR) is 436 cm³/mol. The smallest absolute Gasteiger partial charge is 0.323 e. The molecule has 1 saturated heterocycles. The molecule has 108 heavy (non-hydrogen) atoms. The number of amides is 8. The molecule has 562 valence electrons. The number of nitrogens with one attached hydrogen (secondary N) is 11. The number of aryl methyl sites for hydroxylation is 6. The minimum Gasteiger partial charge on any atom is -0.382 e. The molecule has 1 aliphatic rings. The van der Waals surface area contributed by atoms with Crippen molar-refractivity contribution in [2.24, 2.45) is 11.8 Å². The van der Waals surface area contributed by atoms with Gasteiger partial charge in [0.25, 0.3) is 0 Å². The summed E-state index contributed by atoms with van der Waals surface area (Å²) >= 11 is 0. The van der Waals surface area contributed by atoms with Crippen LogP contribution in [-0.4, -0.2) is 128 Å². The van der Waals surface area contributed by atoms with Crippen LogP contribution in [0.25, 0.3) is 88.1 Å². The van der Waals surface area contributed by atoms with Gasteiger partial charge in [0.1, 0.15) is 0 Å². The number of aromatic amines is 4. The topological polar surface area (TPSA) is 313 Å². The van der Waals surface area contributed by atoms with E-state index >= 15 is 0 Å². The molecule has 0 aliphatic carbocycles. The molecule has 23 nitrogen and oxygen atoms in total. The number of benzene rings is 8. The monoisotopic (exact) mass is 1460 g/mol. The number of H-pyrrole nitrogens is 4. The Bertz CT molecular complexity index is 5050. The van der Waals surface area contributed by atoms with Crippen molar-refractivity contribution >= 4 is 91.0 Å². The lowest BCUT2D eigenvalue weighted by molar-refractivity contribution is 0.0774. The van der Waals surface area contributed by atoms with Crippen LogP contribution in [0, 0.1) is 64.7 Å². The molecular weight excluding hydrogens is 1360 g/mol. The number of anilines is 4. The lowest BCUT2D eigenvalue weighted by Gasteiger charge is -2.30. The molecular formula is C85H101N17O6. The molecule has 1 aliphatic heterocycles. The zero-order valence-corrected chi connectivity index (χ0v) is 64.0. The van der Waals surface area contributed by atoms with E-state index in [0.717, 1.165) is 117 Å². The molecule has 8 amide bonds. The fourth-order valence-corrected chi connectivity index (χ4v) is 12.7. The van der Waals surface area contributed by atoms with Crippen LogP contribution in [0.15, 0.2) is 152 Å². The zero-order valence-electron chi connectivity index (χ0n) is 64.0. The van der Waals surface area contributed by atoms with E-state index in [2.05, 4.69) is 237 Å². The molecule has 0 radical (unpaired) electrons. The van der Waals surface area contributed by atoms with Crippen LogP contribution in [0.5, 0.6) is 0 Å². The van der Waals surface area contributed by atoms with E-state index in [1.165, 1.54) is 50.1 Å². The summed E-state index contributed by atoms with van der Waals surface area (Å²) in [6.07, 6.45) is 4.88. The zero-order chi connectivity index (χ0) is 76.8. The Morgan fingerprint density at radius 3 is 1.23 bits per heavy atom. The van der Waals surface area contributed by atoms with E-state index in [1.807, 2.05) is 80.3 Å². The van der Waals surface area contributed by atoms with Crippen LogP contribution in [0.2, 0.25) is 0 Å². The van der Waals surface area contributed by atoms with Crippen molar-refractivity contribution in [2.75, 3.05) is 73.8 Å². The number of urea groups is 4. The van der Waals surface area contributed by atoms with Gasteiger partial charge in [-0.15, -0.1) is 0 Å². The van der Waals surface area contributed by atoms with Gasteiger partial charge in [0.15, 0.2) is 23.3 Å². The standard InChI is InChI=1S/C22H26N4O.C21H23N5O2.C21H26N4O2.C21H26N4O/c1-14-6-8-26(9-7-14)22(27)23-21-19-5-4-17(13-20(19)24-25-21)18-11-15(2)10-16(3)12-18;1-14(2)28-10-4-9-23-21(27)24-20-18-8-7-17(12-19(18)25-26-20)16-6-3-5-15(11-16)13-22;1-4-27-9-5-8-22-21(26)23-20-18-7-6-16(13-19(18)24-25-20)17-11-14(2)10-15(3)12-17;1-5-13(2)12-22-21(26)23-20-18-7-6-16(11-19(18)24-25-20)17-9-14(3)8-15(4)10-17/h4-5,10-14H,6-9H2,1-3H3,(H2,23,24,25,27);3,5-8,11-12,14H,4,9-10H2,1-2H3,(H3,23,24,25,26,27);6-7,10-13H,4-5,8-9H2,1-3H3,(H3,22,23,24,25,26);6-11,13H,5,12H2,1-4H3,(H3,22,23,24,25,26). The molecule has 23 heteroatoms. The van der Waals surface area contributed by atoms with Crippen molar-refractivity contribution in [1.82, 2.24) is 61.6 Å². The number of aromatic nitrogens is 8. The summed E-state index contributed by atoms with van der Waals surface area (Å²) in [5, 5.41) is 61.5. The summed E-state index contributed by atoms with van der Waals surface area (Å²) in [7, 11) is 0. The Labute approximate surface area is 631 Å². The second-order valence-corrected chi connectivity index (χ2v) is 28.2. The number of carbonyl (C=O) groups excluding carboxylic acids is 4. The second kappa shape index (κ2) is 37.9. The van der Waals surface area contributed by atoms with Gasteiger partial charge in [0, 0.05) is 74.1 Å². The maximum Gasteiger partial charge on any atom is 0.323 e. The second-order valence-electron chi connectivity index (χ2n) is 28.2. The van der Waals surface area contributed by atoms with E-state index in [4.69, 9.17) is 14.7 Å². The molecule has 11 N–H and O–H groups in total. The average molecular weight is 1460 g/mol. The first-order valence-corrected chi connectivity index (χ1v) is 37.2. The minimum absolute atomic E-state index is 0.0614. The number of hydrogen-bond acceptors (Lipinski definition) is 11. The Morgan fingerprint density at radius 2 is 0.852 bits per heavy atom.